The third-order valence-corrected chi connectivity index (χ3v) is 4.07. The van der Waals surface area contributed by atoms with Crippen molar-refractivity contribution in [3.63, 3.8) is 0 Å². The molecule has 0 aliphatic carbocycles. The molecule has 1 saturated heterocycles. The highest BCUT2D eigenvalue weighted by molar-refractivity contribution is 5.81. The summed E-state index contributed by atoms with van der Waals surface area (Å²) in [7, 11) is 0. The molecule has 1 aromatic carbocycles. The Morgan fingerprint density at radius 1 is 1.25 bits per heavy atom. The number of nitrogens with one attached hydrogen (secondary N) is 2. The van der Waals surface area contributed by atoms with E-state index in [4.69, 9.17) is 0 Å². The third kappa shape index (κ3) is 2.61. The van der Waals surface area contributed by atoms with Crippen LogP contribution in [-0.2, 0) is 11.2 Å². The average Bonchev–Trinajstić information content (AvgIpc) is 2.78. The molecule has 5 nitrogen and oxygen atoms in total. The van der Waals surface area contributed by atoms with Gasteiger partial charge in [-0.3, -0.25) is 4.79 Å². The summed E-state index contributed by atoms with van der Waals surface area (Å²) in [6.45, 7) is 3.96. The third-order valence-electron chi connectivity index (χ3n) is 4.07. The smallest absolute Gasteiger partial charge is 0.323 e. The van der Waals surface area contributed by atoms with Gasteiger partial charge in [0.2, 0.25) is 5.91 Å². The average molecular weight is 273 g/mol. The number of H-pyrrole nitrogens is 2. The summed E-state index contributed by atoms with van der Waals surface area (Å²) >= 11 is 0. The molecule has 106 valence electrons. The summed E-state index contributed by atoms with van der Waals surface area (Å²) in [5.74, 6) is 0.898. The second-order valence-corrected chi connectivity index (χ2v) is 5.70. The lowest BCUT2D eigenvalue weighted by molar-refractivity contribution is -0.131. The quantitative estimate of drug-likeness (QED) is 0.873. The number of piperidine rings is 1. The number of hydrogen-bond donors (Lipinski definition) is 2. The maximum atomic E-state index is 12.3. The van der Waals surface area contributed by atoms with Crippen LogP contribution in [0, 0.1) is 5.92 Å². The van der Waals surface area contributed by atoms with Gasteiger partial charge in [-0.25, -0.2) is 4.79 Å². The van der Waals surface area contributed by atoms with Crippen molar-refractivity contribution in [2.75, 3.05) is 13.1 Å². The molecule has 1 fully saturated rings. The summed E-state index contributed by atoms with van der Waals surface area (Å²) in [6, 6.07) is 5.61. The van der Waals surface area contributed by atoms with Gasteiger partial charge in [0, 0.05) is 13.1 Å². The van der Waals surface area contributed by atoms with Gasteiger partial charge in [-0.1, -0.05) is 13.0 Å². The Hall–Kier alpha value is -2.04. The molecule has 0 unspecified atom stereocenters. The van der Waals surface area contributed by atoms with Gasteiger partial charge < -0.3 is 14.9 Å². The van der Waals surface area contributed by atoms with Crippen LogP contribution in [0.25, 0.3) is 11.0 Å². The van der Waals surface area contributed by atoms with Gasteiger partial charge >= 0.3 is 5.69 Å². The molecule has 1 aliphatic rings. The molecule has 0 saturated carbocycles. The van der Waals surface area contributed by atoms with Crippen LogP contribution in [0.5, 0.6) is 0 Å². The van der Waals surface area contributed by atoms with Crippen molar-refractivity contribution < 1.29 is 4.79 Å². The van der Waals surface area contributed by atoms with Crippen LogP contribution in [-0.4, -0.2) is 33.9 Å². The van der Waals surface area contributed by atoms with E-state index >= 15 is 0 Å². The second-order valence-electron chi connectivity index (χ2n) is 5.70. The summed E-state index contributed by atoms with van der Waals surface area (Å²) in [6.07, 6.45) is 2.59. The van der Waals surface area contributed by atoms with Crippen molar-refractivity contribution in [1.82, 2.24) is 14.9 Å². The highest BCUT2D eigenvalue weighted by Gasteiger charge is 2.20. The summed E-state index contributed by atoms with van der Waals surface area (Å²) < 4.78 is 0. The zero-order chi connectivity index (χ0) is 14.1. The number of carbonyl (C=O) groups excluding carboxylic acids is 1. The molecule has 0 atom stereocenters. The van der Waals surface area contributed by atoms with Crippen LogP contribution < -0.4 is 5.69 Å². The second kappa shape index (κ2) is 5.15. The minimum absolute atomic E-state index is 0.175. The van der Waals surface area contributed by atoms with Gasteiger partial charge in [0.1, 0.15) is 0 Å². The fraction of sp³-hybridized carbons (Fsp3) is 0.467. The predicted molar refractivity (Wildman–Crippen MR) is 77.6 cm³/mol. The summed E-state index contributed by atoms with van der Waals surface area (Å²) in [5, 5.41) is 0. The number of imidazole rings is 1. The number of nitrogens with zero attached hydrogens (tertiary/aromatic N) is 1. The minimum Gasteiger partial charge on any atom is -0.342 e. The number of aromatic amines is 2. The van der Waals surface area contributed by atoms with Crippen molar-refractivity contribution in [1.29, 1.82) is 0 Å². The number of likely N-dealkylation sites (tertiary alicyclic amines) is 1. The maximum absolute atomic E-state index is 12.3. The van der Waals surface area contributed by atoms with E-state index in [1.165, 1.54) is 0 Å². The molecule has 1 aromatic heterocycles. The van der Waals surface area contributed by atoms with Gasteiger partial charge in [-0.05, 0) is 36.5 Å². The first-order valence-electron chi connectivity index (χ1n) is 7.10. The van der Waals surface area contributed by atoms with Crippen LogP contribution in [0.1, 0.15) is 25.3 Å². The summed E-state index contributed by atoms with van der Waals surface area (Å²) in [4.78, 5) is 30.8. The number of aromatic nitrogens is 2. The maximum Gasteiger partial charge on any atom is 0.323 e. The van der Waals surface area contributed by atoms with E-state index in [2.05, 4.69) is 16.9 Å². The molecule has 2 heterocycles. The highest BCUT2D eigenvalue weighted by atomic mass is 16.2. The normalized spacial score (nSPS) is 16.8. The molecule has 0 radical (unpaired) electrons. The Kier molecular flexibility index (Phi) is 3.34. The lowest BCUT2D eigenvalue weighted by Gasteiger charge is -2.30. The van der Waals surface area contributed by atoms with Crippen molar-refractivity contribution in [2.24, 2.45) is 5.92 Å². The van der Waals surface area contributed by atoms with E-state index < -0.39 is 0 Å². The van der Waals surface area contributed by atoms with Gasteiger partial charge in [0.15, 0.2) is 0 Å². The molecule has 0 bridgehead atoms. The molecule has 2 N–H and O–H groups in total. The van der Waals surface area contributed by atoms with E-state index in [0.29, 0.717) is 6.42 Å². The lowest BCUT2D eigenvalue weighted by atomic mass is 9.98. The standard InChI is InChI=1S/C15H19N3O2/c1-10-4-6-18(7-5-10)14(19)9-11-2-3-12-13(8-11)17-15(20)16-12/h2-3,8,10H,4-7,9H2,1H3,(H2,16,17,20). The Labute approximate surface area is 117 Å². The number of amides is 1. The van der Waals surface area contributed by atoms with E-state index in [0.717, 1.165) is 48.4 Å². The molecular formula is C15H19N3O2. The highest BCUT2D eigenvalue weighted by Crippen LogP contribution is 2.17. The van der Waals surface area contributed by atoms with Crippen molar-refractivity contribution in [2.45, 2.75) is 26.2 Å². The molecule has 2 aromatic rings. The largest absolute Gasteiger partial charge is 0.342 e. The Balaban J connectivity index is 1.72. The molecule has 1 aliphatic heterocycles. The Bertz CT molecular complexity index is 678. The zero-order valence-corrected chi connectivity index (χ0v) is 11.6. The molecule has 5 heteroatoms. The fourth-order valence-corrected chi connectivity index (χ4v) is 2.73. The Morgan fingerprint density at radius 3 is 2.70 bits per heavy atom. The van der Waals surface area contributed by atoms with Crippen LogP contribution >= 0.6 is 0 Å². The number of hydrogen-bond acceptors (Lipinski definition) is 2. The van der Waals surface area contributed by atoms with Gasteiger partial charge in [0.05, 0.1) is 17.5 Å². The molecule has 0 spiro atoms. The van der Waals surface area contributed by atoms with Crippen LogP contribution in [0.3, 0.4) is 0 Å². The Morgan fingerprint density at radius 2 is 1.95 bits per heavy atom. The first-order valence-corrected chi connectivity index (χ1v) is 7.10. The van der Waals surface area contributed by atoms with Crippen molar-refractivity contribution in [3.8, 4) is 0 Å². The fourth-order valence-electron chi connectivity index (χ4n) is 2.73. The van der Waals surface area contributed by atoms with Crippen LogP contribution in [0.2, 0.25) is 0 Å². The van der Waals surface area contributed by atoms with Gasteiger partial charge in [-0.2, -0.15) is 0 Å². The van der Waals surface area contributed by atoms with Crippen molar-refractivity contribution in [3.05, 3.63) is 34.2 Å². The number of benzene rings is 1. The first kappa shape index (κ1) is 13.0. The number of carbonyl (C=O) groups is 1. The van der Waals surface area contributed by atoms with Gasteiger partial charge in [0.25, 0.3) is 0 Å². The van der Waals surface area contributed by atoms with Gasteiger partial charge in [-0.15, -0.1) is 0 Å². The van der Waals surface area contributed by atoms with Crippen LogP contribution in [0.15, 0.2) is 23.0 Å². The SMILES string of the molecule is CC1CCN(C(=O)Cc2ccc3[nH]c(=O)[nH]c3c2)CC1. The first-order chi connectivity index (χ1) is 9.61. The van der Waals surface area contributed by atoms with E-state index in [9.17, 15) is 9.59 Å². The number of rotatable bonds is 2. The monoisotopic (exact) mass is 273 g/mol. The van der Waals surface area contributed by atoms with E-state index in [1.54, 1.807) is 0 Å². The van der Waals surface area contributed by atoms with E-state index in [-0.39, 0.29) is 11.6 Å². The lowest BCUT2D eigenvalue weighted by Crippen LogP contribution is -2.38. The zero-order valence-electron chi connectivity index (χ0n) is 11.6. The topological polar surface area (TPSA) is 69.0 Å². The van der Waals surface area contributed by atoms with Crippen molar-refractivity contribution >= 4 is 16.9 Å². The van der Waals surface area contributed by atoms with Crippen LogP contribution in [0.4, 0.5) is 0 Å². The number of fused-ring (bicyclic) bond motifs is 1. The molecular weight excluding hydrogens is 254 g/mol. The molecule has 20 heavy (non-hydrogen) atoms. The predicted octanol–water partition coefficient (Wildman–Crippen LogP) is 1.66. The minimum atomic E-state index is -0.214. The van der Waals surface area contributed by atoms with E-state index in [1.807, 2.05) is 23.1 Å². The molecule has 3 rings (SSSR count). The summed E-state index contributed by atoms with van der Waals surface area (Å²) in [5.41, 5.74) is 2.26. The molecule has 1 amide bonds.